The smallest absolute Gasteiger partial charge is 0.245 e. The van der Waals surface area contributed by atoms with E-state index in [2.05, 4.69) is 40.8 Å². The van der Waals surface area contributed by atoms with Gasteiger partial charge in [-0.3, -0.25) is 9.58 Å². The van der Waals surface area contributed by atoms with Crippen molar-refractivity contribution in [3.63, 3.8) is 0 Å². The van der Waals surface area contributed by atoms with Gasteiger partial charge in [-0.1, -0.05) is 0 Å². The zero-order valence-corrected chi connectivity index (χ0v) is 14.9. The van der Waals surface area contributed by atoms with Gasteiger partial charge in [0.2, 0.25) is 11.8 Å². The number of hydrogen-bond acceptors (Lipinski definition) is 8. The van der Waals surface area contributed by atoms with Crippen molar-refractivity contribution in [2.24, 2.45) is 0 Å². The number of nitrogen functional groups attached to an aromatic ring is 1. The van der Waals surface area contributed by atoms with E-state index in [4.69, 9.17) is 10.2 Å². The average molecular weight is 365 g/mol. The number of fused-ring (bicyclic) bond motifs is 2. The lowest BCUT2D eigenvalue weighted by Crippen LogP contribution is -2.35. The van der Waals surface area contributed by atoms with Gasteiger partial charge < -0.3 is 10.2 Å². The number of nitrogens with two attached hydrogens (primary N) is 1. The highest BCUT2D eigenvalue weighted by Crippen LogP contribution is 2.19. The van der Waals surface area contributed by atoms with E-state index < -0.39 is 0 Å². The van der Waals surface area contributed by atoms with Gasteiger partial charge in [-0.05, 0) is 13.0 Å². The molecule has 5 rings (SSSR count). The van der Waals surface area contributed by atoms with Crippen LogP contribution in [0.1, 0.15) is 17.2 Å². The van der Waals surface area contributed by atoms with Crippen LogP contribution in [0.2, 0.25) is 0 Å². The Morgan fingerprint density at radius 2 is 2.11 bits per heavy atom. The van der Waals surface area contributed by atoms with Crippen LogP contribution in [-0.2, 0) is 19.5 Å². The zero-order chi connectivity index (χ0) is 18.4. The van der Waals surface area contributed by atoms with Gasteiger partial charge >= 0.3 is 0 Å². The van der Waals surface area contributed by atoms with E-state index in [0.29, 0.717) is 17.2 Å². The molecule has 27 heavy (non-hydrogen) atoms. The first-order valence-electron chi connectivity index (χ1n) is 8.83. The maximum absolute atomic E-state index is 6.03. The Bertz CT molecular complexity index is 1100. The SMILES string of the molecule is Cc1cc2n(n1)CCN(CCc1nc3cc(-c4ncco4)nc(N)n3n1)C2. The van der Waals surface area contributed by atoms with Gasteiger partial charge in [-0.25, -0.2) is 15.0 Å². The number of aromatic nitrogens is 7. The fraction of sp³-hybridized carbons (Fsp3) is 0.353. The molecular weight excluding hydrogens is 346 g/mol. The molecule has 0 aromatic carbocycles. The Kier molecular flexibility index (Phi) is 3.64. The molecule has 0 amide bonds. The number of hydrogen-bond donors (Lipinski definition) is 1. The van der Waals surface area contributed by atoms with E-state index in [1.165, 1.54) is 12.0 Å². The lowest BCUT2D eigenvalue weighted by Gasteiger charge is -2.26. The monoisotopic (exact) mass is 365 g/mol. The zero-order valence-electron chi connectivity index (χ0n) is 14.9. The van der Waals surface area contributed by atoms with Gasteiger partial charge in [0.25, 0.3) is 0 Å². The molecule has 1 aliphatic rings. The molecule has 0 bridgehead atoms. The van der Waals surface area contributed by atoms with Gasteiger partial charge in [-0.15, -0.1) is 5.10 Å². The fourth-order valence-corrected chi connectivity index (χ4v) is 3.43. The highest BCUT2D eigenvalue weighted by molar-refractivity contribution is 5.58. The van der Waals surface area contributed by atoms with Crippen molar-refractivity contribution in [1.82, 2.24) is 39.2 Å². The number of nitrogens with zero attached hydrogens (tertiary/aromatic N) is 8. The summed E-state index contributed by atoms with van der Waals surface area (Å²) in [5.74, 6) is 1.41. The largest absolute Gasteiger partial charge is 0.443 e. The summed E-state index contributed by atoms with van der Waals surface area (Å²) in [5.41, 5.74) is 9.54. The molecule has 0 radical (unpaired) electrons. The number of anilines is 1. The molecule has 4 aromatic heterocycles. The van der Waals surface area contributed by atoms with Gasteiger partial charge in [0.1, 0.15) is 12.0 Å². The molecule has 1 aliphatic heterocycles. The normalized spacial score (nSPS) is 14.7. The Morgan fingerprint density at radius 1 is 1.19 bits per heavy atom. The first-order chi connectivity index (χ1) is 13.2. The lowest BCUT2D eigenvalue weighted by molar-refractivity contribution is 0.214. The van der Waals surface area contributed by atoms with E-state index in [1.807, 2.05) is 6.92 Å². The third-order valence-corrected chi connectivity index (χ3v) is 4.70. The summed E-state index contributed by atoms with van der Waals surface area (Å²) in [6.45, 7) is 5.69. The molecule has 0 saturated heterocycles. The summed E-state index contributed by atoms with van der Waals surface area (Å²) in [4.78, 5) is 15.4. The Labute approximate surface area is 154 Å². The van der Waals surface area contributed by atoms with Gasteiger partial charge in [0.15, 0.2) is 11.5 Å². The molecule has 2 N–H and O–H groups in total. The van der Waals surface area contributed by atoms with Crippen LogP contribution in [0.15, 0.2) is 29.0 Å². The first kappa shape index (κ1) is 15.9. The topological polar surface area (TPSA) is 116 Å². The Balaban J connectivity index is 1.33. The summed E-state index contributed by atoms with van der Waals surface area (Å²) >= 11 is 0. The molecule has 10 heteroatoms. The third-order valence-electron chi connectivity index (χ3n) is 4.70. The number of aryl methyl sites for hydroxylation is 1. The predicted molar refractivity (Wildman–Crippen MR) is 96.6 cm³/mol. The standard InChI is InChI=1S/C17H19N9O/c1-11-8-12-10-24(5-6-25(12)22-11)4-2-14-21-15-9-13(16-19-3-7-27-16)20-17(18)26(15)23-14/h3,7-9H,2,4-6,10H2,1H3,(H2,18,20). The summed E-state index contributed by atoms with van der Waals surface area (Å²) in [6.07, 6.45) is 3.81. The summed E-state index contributed by atoms with van der Waals surface area (Å²) < 4.78 is 8.93. The van der Waals surface area contributed by atoms with Crippen molar-refractivity contribution in [3.8, 4) is 11.6 Å². The minimum Gasteiger partial charge on any atom is -0.443 e. The quantitative estimate of drug-likeness (QED) is 0.568. The van der Waals surface area contributed by atoms with Crippen molar-refractivity contribution in [1.29, 1.82) is 0 Å². The fourth-order valence-electron chi connectivity index (χ4n) is 3.43. The Morgan fingerprint density at radius 3 is 2.96 bits per heavy atom. The van der Waals surface area contributed by atoms with E-state index in [-0.39, 0.29) is 5.95 Å². The molecule has 138 valence electrons. The molecule has 0 aliphatic carbocycles. The van der Waals surface area contributed by atoms with Crippen LogP contribution in [0.4, 0.5) is 5.95 Å². The minimum absolute atomic E-state index is 0.261. The Hall–Kier alpha value is -3.27. The van der Waals surface area contributed by atoms with Crippen LogP contribution in [0.25, 0.3) is 17.2 Å². The number of oxazole rings is 1. The van der Waals surface area contributed by atoms with Crippen molar-refractivity contribution >= 4 is 11.6 Å². The summed E-state index contributed by atoms with van der Waals surface area (Å²) in [5, 5.41) is 8.99. The molecule has 0 fully saturated rings. The second-order valence-electron chi connectivity index (χ2n) is 6.66. The highest BCUT2D eigenvalue weighted by Gasteiger charge is 2.18. The van der Waals surface area contributed by atoms with Crippen LogP contribution in [0.3, 0.4) is 0 Å². The van der Waals surface area contributed by atoms with E-state index in [1.54, 1.807) is 16.8 Å². The second kappa shape index (κ2) is 6.16. The molecule has 4 aromatic rings. The lowest BCUT2D eigenvalue weighted by atomic mass is 10.2. The van der Waals surface area contributed by atoms with Crippen LogP contribution < -0.4 is 5.73 Å². The van der Waals surface area contributed by atoms with Crippen molar-refractivity contribution < 1.29 is 4.42 Å². The molecule has 10 nitrogen and oxygen atoms in total. The molecule has 0 atom stereocenters. The van der Waals surface area contributed by atoms with Gasteiger partial charge in [0, 0.05) is 32.1 Å². The first-order valence-corrected chi connectivity index (χ1v) is 8.83. The maximum atomic E-state index is 6.03. The van der Waals surface area contributed by atoms with Crippen LogP contribution >= 0.6 is 0 Å². The highest BCUT2D eigenvalue weighted by atomic mass is 16.3. The van der Waals surface area contributed by atoms with Crippen LogP contribution in [0, 0.1) is 6.92 Å². The third kappa shape index (κ3) is 2.93. The molecular formula is C17H19N9O. The number of rotatable bonds is 4. The minimum atomic E-state index is 0.261. The van der Waals surface area contributed by atoms with Crippen LogP contribution in [0.5, 0.6) is 0 Å². The van der Waals surface area contributed by atoms with E-state index in [0.717, 1.165) is 44.1 Å². The molecule has 0 unspecified atom stereocenters. The van der Waals surface area contributed by atoms with Crippen molar-refractivity contribution in [3.05, 3.63) is 41.8 Å². The van der Waals surface area contributed by atoms with Crippen molar-refractivity contribution in [2.45, 2.75) is 26.4 Å². The average Bonchev–Trinajstić information content (AvgIpc) is 3.38. The molecule has 0 saturated carbocycles. The predicted octanol–water partition coefficient (Wildman–Crippen LogP) is 0.925. The van der Waals surface area contributed by atoms with Crippen molar-refractivity contribution in [2.75, 3.05) is 18.8 Å². The second-order valence-corrected chi connectivity index (χ2v) is 6.66. The van der Waals surface area contributed by atoms with E-state index in [9.17, 15) is 0 Å². The summed E-state index contributed by atoms with van der Waals surface area (Å²) in [7, 11) is 0. The summed E-state index contributed by atoms with van der Waals surface area (Å²) in [6, 6.07) is 3.92. The molecule has 5 heterocycles. The van der Waals surface area contributed by atoms with Crippen LogP contribution in [-0.4, -0.2) is 52.3 Å². The van der Waals surface area contributed by atoms with E-state index >= 15 is 0 Å². The van der Waals surface area contributed by atoms with Gasteiger partial charge in [0.05, 0.1) is 24.1 Å². The maximum Gasteiger partial charge on any atom is 0.245 e. The molecule has 0 spiro atoms. The van der Waals surface area contributed by atoms with Gasteiger partial charge in [-0.2, -0.15) is 9.61 Å².